The molecule has 0 unspecified atom stereocenters. The molecule has 3 aromatic rings. The zero-order valence-electron chi connectivity index (χ0n) is 8.54. The first-order valence-corrected chi connectivity index (χ1v) is 4.87. The second kappa shape index (κ2) is 3.44. The van der Waals surface area contributed by atoms with Gasteiger partial charge in [-0.05, 0) is 18.2 Å². The average Bonchev–Trinajstić information content (AvgIpc) is 2.98. The SMILES string of the molecule is O=C(O)c1cc2[nH]cnc2c(-c2ccco2)n1. The van der Waals surface area contributed by atoms with E-state index in [1.54, 1.807) is 12.1 Å². The molecule has 0 aromatic carbocycles. The third kappa shape index (κ3) is 1.46. The predicted octanol–water partition coefficient (Wildman–Crippen LogP) is 1.92. The predicted molar refractivity (Wildman–Crippen MR) is 58.6 cm³/mol. The Morgan fingerprint density at radius 2 is 2.35 bits per heavy atom. The van der Waals surface area contributed by atoms with Crippen LogP contribution in [0.2, 0.25) is 0 Å². The molecule has 2 N–H and O–H groups in total. The molecule has 84 valence electrons. The third-order valence-corrected chi connectivity index (χ3v) is 2.38. The van der Waals surface area contributed by atoms with Gasteiger partial charge in [-0.1, -0.05) is 0 Å². The van der Waals surface area contributed by atoms with Gasteiger partial charge < -0.3 is 14.5 Å². The van der Waals surface area contributed by atoms with Crippen LogP contribution in [0.1, 0.15) is 10.5 Å². The number of carboxylic acid groups (broad SMARTS) is 1. The number of hydrogen-bond donors (Lipinski definition) is 2. The highest BCUT2D eigenvalue weighted by atomic mass is 16.4. The van der Waals surface area contributed by atoms with Crippen molar-refractivity contribution >= 4 is 17.0 Å². The molecule has 0 aliphatic rings. The van der Waals surface area contributed by atoms with Gasteiger partial charge in [-0.25, -0.2) is 14.8 Å². The van der Waals surface area contributed by atoms with E-state index >= 15 is 0 Å². The maximum absolute atomic E-state index is 11.0. The molecule has 0 aliphatic heterocycles. The van der Waals surface area contributed by atoms with Crippen LogP contribution in [0.5, 0.6) is 0 Å². The number of nitrogens with zero attached hydrogens (tertiary/aromatic N) is 2. The fourth-order valence-corrected chi connectivity index (χ4v) is 1.64. The number of nitrogens with one attached hydrogen (secondary N) is 1. The van der Waals surface area contributed by atoms with E-state index in [4.69, 9.17) is 9.52 Å². The molecule has 0 spiro atoms. The van der Waals surface area contributed by atoms with Gasteiger partial charge in [0.05, 0.1) is 18.1 Å². The van der Waals surface area contributed by atoms with E-state index in [0.717, 1.165) is 0 Å². The molecule has 0 fully saturated rings. The Hall–Kier alpha value is -2.63. The smallest absolute Gasteiger partial charge is 0.354 e. The van der Waals surface area contributed by atoms with Crippen LogP contribution in [0.15, 0.2) is 35.2 Å². The van der Waals surface area contributed by atoms with E-state index < -0.39 is 5.97 Å². The summed E-state index contributed by atoms with van der Waals surface area (Å²) in [7, 11) is 0. The maximum atomic E-state index is 11.0. The number of carboxylic acids is 1. The Kier molecular flexibility index (Phi) is 1.94. The van der Waals surface area contributed by atoms with Gasteiger partial charge in [0, 0.05) is 0 Å². The minimum absolute atomic E-state index is 0.0480. The molecule has 3 rings (SSSR count). The fourth-order valence-electron chi connectivity index (χ4n) is 1.64. The van der Waals surface area contributed by atoms with Crippen molar-refractivity contribution in [2.45, 2.75) is 0 Å². The molecule has 0 aliphatic carbocycles. The lowest BCUT2D eigenvalue weighted by Gasteiger charge is -2.00. The second-order valence-electron chi connectivity index (χ2n) is 3.44. The van der Waals surface area contributed by atoms with Crippen LogP contribution in [0, 0.1) is 0 Å². The summed E-state index contributed by atoms with van der Waals surface area (Å²) < 4.78 is 5.22. The molecule has 0 atom stereocenters. The number of pyridine rings is 1. The van der Waals surface area contributed by atoms with Crippen LogP contribution in [0.4, 0.5) is 0 Å². The van der Waals surface area contributed by atoms with Crippen LogP contribution in [0.3, 0.4) is 0 Å². The number of imidazole rings is 1. The number of fused-ring (bicyclic) bond motifs is 1. The van der Waals surface area contributed by atoms with Crippen LogP contribution in [-0.4, -0.2) is 26.0 Å². The molecule has 6 nitrogen and oxygen atoms in total. The number of aromatic amines is 1. The van der Waals surface area contributed by atoms with Crippen LogP contribution >= 0.6 is 0 Å². The summed E-state index contributed by atoms with van der Waals surface area (Å²) >= 11 is 0. The van der Waals surface area contributed by atoms with Crippen molar-refractivity contribution in [3.63, 3.8) is 0 Å². The first-order chi connectivity index (χ1) is 8.25. The van der Waals surface area contributed by atoms with E-state index in [9.17, 15) is 4.79 Å². The van der Waals surface area contributed by atoms with Gasteiger partial charge in [0.2, 0.25) is 0 Å². The van der Waals surface area contributed by atoms with Crippen molar-refractivity contribution in [1.29, 1.82) is 0 Å². The lowest BCUT2D eigenvalue weighted by Crippen LogP contribution is -2.01. The number of aromatic carboxylic acids is 1. The lowest BCUT2D eigenvalue weighted by molar-refractivity contribution is 0.0691. The van der Waals surface area contributed by atoms with Crippen LogP contribution in [-0.2, 0) is 0 Å². The van der Waals surface area contributed by atoms with Crippen molar-refractivity contribution in [3.05, 3.63) is 36.5 Å². The summed E-state index contributed by atoms with van der Waals surface area (Å²) in [6.07, 6.45) is 2.99. The zero-order chi connectivity index (χ0) is 11.8. The van der Waals surface area contributed by atoms with Crippen LogP contribution in [0.25, 0.3) is 22.5 Å². The molecule has 0 amide bonds. The maximum Gasteiger partial charge on any atom is 0.354 e. The quantitative estimate of drug-likeness (QED) is 0.700. The highest BCUT2D eigenvalue weighted by Crippen LogP contribution is 2.25. The van der Waals surface area contributed by atoms with Gasteiger partial charge in [0.15, 0.2) is 11.5 Å². The molecule has 0 bridgehead atoms. The summed E-state index contributed by atoms with van der Waals surface area (Å²) in [4.78, 5) is 22.0. The van der Waals surface area contributed by atoms with Crippen molar-refractivity contribution in [1.82, 2.24) is 15.0 Å². The summed E-state index contributed by atoms with van der Waals surface area (Å²) in [6.45, 7) is 0. The zero-order valence-corrected chi connectivity index (χ0v) is 8.54. The second-order valence-corrected chi connectivity index (χ2v) is 3.44. The fraction of sp³-hybridized carbons (Fsp3) is 0. The van der Waals surface area contributed by atoms with Crippen molar-refractivity contribution in [3.8, 4) is 11.5 Å². The highest BCUT2D eigenvalue weighted by Gasteiger charge is 2.15. The first-order valence-electron chi connectivity index (χ1n) is 4.87. The minimum atomic E-state index is -1.09. The van der Waals surface area contributed by atoms with E-state index in [2.05, 4.69) is 15.0 Å². The van der Waals surface area contributed by atoms with Crippen molar-refractivity contribution < 1.29 is 14.3 Å². The van der Waals surface area contributed by atoms with Crippen LogP contribution < -0.4 is 0 Å². The normalized spacial score (nSPS) is 10.8. The molecule has 3 heterocycles. The highest BCUT2D eigenvalue weighted by molar-refractivity contribution is 5.95. The lowest BCUT2D eigenvalue weighted by atomic mass is 10.2. The topological polar surface area (TPSA) is 92.0 Å². The number of furan rings is 1. The minimum Gasteiger partial charge on any atom is -0.477 e. The van der Waals surface area contributed by atoms with Gasteiger partial charge >= 0.3 is 5.97 Å². The molecule has 0 radical (unpaired) electrons. The Balaban J connectivity index is 2.35. The number of hydrogen-bond acceptors (Lipinski definition) is 4. The van der Waals surface area contributed by atoms with Crippen molar-refractivity contribution in [2.75, 3.05) is 0 Å². The van der Waals surface area contributed by atoms with Crippen molar-refractivity contribution in [2.24, 2.45) is 0 Å². The van der Waals surface area contributed by atoms with E-state index in [1.165, 1.54) is 18.7 Å². The molecule has 0 saturated carbocycles. The van der Waals surface area contributed by atoms with E-state index in [-0.39, 0.29) is 5.69 Å². The Morgan fingerprint density at radius 3 is 3.06 bits per heavy atom. The number of aromatic nitrogens is 3. The average molecular weight is 229 g/mol. The van der Waals surface area contributed by atoms with Gasteiger partial charge in [0.1, 0.15) is 11.2 Å². The van der Waals surface area contributed by atoms with Gasteiger partial charge in [0.25, 0.3) is 0 Å². The summed E-state index contributed by atoms with van der Waals surface area (Å²) in [5.74, 6) is -0.598. The Labute approximate surface area is 94.9 Å². The summed E-state index contributed by atoms with van der Waals surface area (Å²) in [5.41, 5.74) is 1.58. The first kappa shape index (κ1) is 9.59. The Morgan fingerprint density at radius 1 is 1.47 bits per heavy atom. The largest absolute Gasteiger partial charge is 0.477 e. The molecule has 17 heavy (non-hydrogen) atoms. The molecular weight excluding hydrogens is 222 g/mol. The van der Waals surface area contributed by atoms with Gasteiger partial charge in [-0.15, -0.1) is 0 Å². The standard InChI is InChI=1S/C11H7N3O3/c15-11(16)7-4-6-9(13-5-12-6)10(14-7)8-2-1-3-17-8/h1-5H,(H,12,13)(H,15,16). The number of rotatable bonds is 2. The monoisotopic (exact) mass is 229 g/mol. The van der Waals surface area contributed by atoms with Gasteiger partial charge in [-0.3, -0.25) is 0 Å². The molecule has 3 aromatic heterocycles. The summed E-state index contributed by atoms with van der Waals surface area (Å²) in [6, 6.07) is 4.86. The number of carbonyl (C=O) groups is 1. The van der Waals surface area contributed by atoms with E-state index in [1.807, 2.05) is 0 Å². The van der Waals surface area contributed by atoms with Gasteiger partial charge in [-0.2, -0.15) is 0 Å². The molecular formula is C11H7N3O3. The molecule has 0 saturated heterocycles. The third-order valence-electron chi connectivity index (χ3n) is 2.38. The number of H-pyrrole nitrogens is 1. The molecule has 6 heteroatoms. The van der Waals surface area contributed by atoms with E-state index in [0.29, 0.717) is 22.5 Å². The summed E-state index contributed by atoms with van der Waals surface area (Å²) in [5, 5.41) is 8.98. The Bertz CT molecular complexity index is 685.